The zero-order valence-corrected chi connectivity index (χ0v) is 11.8. The van der Waals surface area contributed by atoms with Crippen molar-refractivity contribution in [3.63, 3.8) is 0 Å². The van der Waals surface area contributed by atoms with E-state index >= 15 is 0 Å². The van der Waals surface area contributed by atoms with E-state index in [1.807, 2.05) is 6.08 Å². The highest BCUT2D eigenvalue weighted by Crippen LogP contribution is 2.12. The minimum absolute atomic E-state index is 1.11. The molecule has 2 N–H and O–H groups in total. The molecule has 0 saturated carbocycles. The van der Waals surface area contributed by atoms with Crippen LogP contribution in [0.3, 0.4) is 0 Å². The van der Waals surface area contributed by atoms with Crippen molar-refractivity contribution in [2.45, 2.75) is 90.4 Å². The summed E-state index contributed by atoms with van der Waals surface area (Å²) >= 11 is 0. The maximum Gasteiger partial charge on any atom is 0.156 e. The van der Waals surface area contributed by atoms with E-state index in [1.54, 1.807) is 6.20 Å². The molecule has 0 aromatic heterocycles. The Morgan fingerprint density at radius 3 is 1.71 bits per heavy atom. The Labute approximate surface area is 110 Å². The van der Waals surface area contributed by atoms with Crippen molar-refractivity contribution >= 4 is 0 Å². The quantitative estimate of drug-likeness (QED) is 0.396. The lowest BCUT2D eigenvalue weighted by molar-refractivity contribution is 0.545. The van der Waals surface area contributed by atoms with E-state index in [0.29, 0.717) is 0 Å². The summed E-state index contributed by atoms with van der Waals surface area (Å²) in [5, 5.41) is 0. The zero-order valence-electron chi connectivity index (χ0n) is 12.8. The second kappa shape index (κ2) is 15.5. The van der Waals surface area contributed by atoms with Crippen molar-refractivity contribution in [2.75, 3.05) is 0 Å². The Bertz CT molecular complexity index is 168. The molecule has 0 heterocycles. The SMILES string of the molecule is [2H]NC=CCCCCCCCCCCCCCC. The topological polar surface area (TPSA) is 26.0 Å². The fourth-order valence-corrected chi connectivity index (χ4v) is 2.19. The van der Waals surface area contributed by atoms with Crippen LogP contribution in [0.4, 0.5) is 0 Å². The van der Waals surface area contributed by atoms with Crippen molar-refractivity contribution in [1.29, 1.82) is 0 Å². The fraction of sp³-hybridized carbons (Fsp3) is 0.875. The largest absolute Gasteiger partial charge is 0.405 e. The predicted molar refractivity (Wildman–Crippen MR) is 79.0 cm³/mol. The molecule has 0 bridgehead atoms. The van der Waals surface area contributed by atoms with E-state index in [1.165, 1.54) is 77.0 Å². The summed E-state index contributed by atoms with van der Waals surface area (Å²) in [6, 6.07) is 0. The van der Waals surface area contributed by atoms with E-state index < -0.39 is 0 Å². The van der Waals surface area contributed by atoms with Gasteiger partial charge in [0.2, 0.25) is 0 Å². The molecule has 0 aromatic carbocycles. The molecule has 102 valence electrons. The number of rotatable bonds is 14. The lowest BCUT2D eigenvalue weighted by atomic mass is 10.0. The maximum atomic E-state index is 6.73. The van der Waals surface area contributed by atoms with E-state index in [2.05, 4.69) is 12.7 Å². The Morgan fingerprint density at radius 1 is 0.765 bits per heavy atom. The molecule has 0 spiro atoms. The average Bonchev–Trinajstić information content (AvgIpc) is 2.39. The van der Waals surface area contributed by atoms with Crippen LogP contribution in [0.25, 0.3) is 0 Å². The lowest BCUT2D eigenvalue weighted by Gasteiger charge is -2.02. The Balaban J connectivity index is 2.92. The molecule has 0 aliphatic rings. The Morgan fingerprint density at radius 2 is 1.24 bits per heavy atom. The molecule has 0 unspecified atom stereocenters. The molecule has 17 heavy (non-hydrogen) atoms. The monoisotopic (exact) mass is 240 g/mol. The number of allylic oxidation sites excluding steroid dienone is 1. The standard InChI is InChI=1S/C16H33N/c1-2-3-4-5-6-7-8-9-10-11-12-13-14-15-16-17/h15-16H,2-14,17H2,1H3/i/hD. The van der Waals surface area contributed by atoms with Gasteiger partial charge in [-0.1, -0.05) is 83.6 Å². The Hall–Kier alpha value is -0.460. The Kier molecular flexibility index (Phi) is 13.3. The third-order valence-electron chi connectivity index (χ3n) is 3.34. The first kappa shape index (κ1) is 14.6. The molecule has 0 aliphatic heterocycles. The van der Waals surface area contributed by atoms with Crippen LogP contribution in [-0.4, -0.2) is 0 Å². The van der Waals surface area contributed by atoms with Gasteiger partial charge in [-0.05, 0) is 19.0 Å². The minimum Gasteiger partial charge on any atom is -0.405 e. The normalized spacial score (nSPS) is 11.9. The van der Waals surface area contributed by atoms with Gasteiger partial charge < -0.3 is 5.73 Å². The third-order valence-corrected chi connectivity index (χ3v) is 3.34. The van der Waals surface area contributed by atoms with Crippen molar-refractivity contribution in [2.24, 2.45) is 5.73 Å². The molecule has 0 rings (SSSR count). The van der Waals surface area contributed by atoms with Gasteiger partial charge in [0.1, 0.15) is 0 Å². The van der Waals surface area contributed by atoms with Crippen LogP contribution in [0, 0.1) is 0 Å². The summed E-state index contributed by atoms with van der Waals surface area (Å²) < 4.78 is 6.73. The van der Waals surface area contributed by atoms with E-state index in [-0.39, 0.29) is 0 Å². The molecule has 0 aliphatic carbocycles. The molecule has 0 fully saturated rings. The van der Waals surface area contributed by atoms with Gasteiger partial charge >= 0.3 is 0 Å². The number of hydrogen-bond donors (Lipinski definition) is 1. The van der Waals surface area contributed by atoms with Crippen molar-refractivity contribution in [1.82, 2.24) is 0 Å². The molecule has 0 aromatic rings. The number of hydrogen-bond acceptors (Lipinski definition) is 1. The van der Waals surface area contributed by atoms with E-state index in [9.17, 15) is 0 Å². The average molecular weight is 240 g/mol. The molecular formula is C16H33N. The summed E-state index contributed by atoms with van der Waals surface area (Å²) in [5.41, 5.74) is 2.28. The number of nitrogens with two attached hydrogens (primary N) is 1. The predicted octanol–water partition coefficient (Wildman–Crippen LogP) is 5.55. The fourth-order valence-electron chi connectivity index (χ4n) is 2.19. The van der Waals surface area contributed by atoms with Gasteiger partial charge in [0.25, 0.3) is 0 Å². The zero-order chi connectivity index (χ0) is 13.3. The molecule has 1 nitrogen and oxygen atoms in total. The van der Waals surface area contributed by atoms with Crippen LogP contribution in [-0.2, 0) is 0 Å². The van der Waals surface area contributed by atoms with Crippen LogP contribution < -0.4 is 5.73 Å². The molecule has 0 saturated heterocycles. The van der Waals surface area contributed by atoms with Crippen LogP contribution in [0.1, 0.15) is 90.4 Å². The summed E-state index contributed by atoms with van der Waals surface area (Å²) in [6.07, 6.45) is 21.7. The molecule has 0 atom stereocenters. The lowest BCUT2D eigenvalue weighted by Crippen LogP contribution is -1.82. The van der Waals surface area contributed by atoms with Gasteiger partial charge in [-0.2, -0.15) is 0 Å². The minimum atomic E-state index is 1.11. The molecular weight excluding hydrogens is 206 g/mol. The second-order valence-corrected chi connectivity index (χ2v) is 5.08. The van der Waals surface area contributed by atoms with Gasteiger partial charge in [-0.3, -0.25) is 0 Å². The van der Waals surface area contributed by atoms with E-state index in [4.69, 9.17) is 1.41 Å². The molecule has 1 heteroatoms. The summed E-state index contributed by atoms with van der Waals surface area (Å²) in [4.78, 5) is 0. The molecule has 0 radical (unpaired) electrons. The summed E-state index contributed by atoms with van der Waals surface area (Å²) in [7, 11) is 0. The van der Waals surface area contributed by atoms with Crippen molar-refractivity contribution < 1.29 is 1.41 Å². The van der Waals surface area contributed by atoms with Crippen LogP contribution in [0.2, 0.25) is 1.41 Å². The third kappa shape index (κ3) is 15.5. The highest BCUT2D eigenvalue weighted by atomic mass is 14.5. The summed E-state index contributed by atoms with van der Waals surface area (Å²) in [6.45, 7) is 2.28. The van der Waals surface area contributed by atoms with Crippen LogP contribution in [0.15, 0.2) is 12.3 Å². The van der Waals surface area contributed by atoms with E-state index in [0.717, 1.165) is 6.42 Å². The van der Waals surface area contributed by atoms with Crippen LogP contribution in [0.5, 0.6) is 0 Å². The highest BCUT2D eigenvalue weighted by molar-refractivity contribution is 4.74. The van der Waals surface area contributed by atoms with Crippen molar-refractivity contribution in [3.05, 3.63) is 12.3 Å². The van der Waals surface area contributed by atoms with Gasteiger partial charge in [-0.15, -0.1) is 0 Å². The highest BCUT2D eigenvalue weighted by Gasteiger charge is 1.92. The first-order valence-corrected chi connectivity index (χ1v) is 7.74. The summed E-state index contributed by atoms with van der Waals surface area (Å²) in [5.74, 6) is 0. The van der Waals surface area contributed by atoms with Gasteiger partial charge in [0, 0.05) is 0 Å². The van der Waals surface area contributed by atoms with Gasteiger partial charge in [0.05, 0.1) is 0 Å². The van der Waals surface area contributed by atoms with Gasteiger partial charge in [-0.25, -0.2) is 0 Å². The smallest absolute Gasteiger partial charge is 0.156 e. The van der Waals surface area contributed by atoms with Crippen molar-refractivity contribution in [3.8, 4) is 0 Å². The molecule has 0 amide bonds. The number of unbranched alkanes of at least 4 members (excludes halogenated alkanes) is 12. The first-order chi connectivity index (χ1) is 8.91. The first-order valence-electron chi connectivity index (χ1n) is 8.24. The van der Waals surface area contributed by atoms with Crippen LogP contribution >= 0.6 is 0 Å². The second-order valence-electron chi connectivity index (χ2n) is 5.08. The van der Waals surface area contributed by atoms with Gasteiger partial charge in [0.15, 0.2) is 1.41 Å². The maximum absolute atomic E-state index is 6.73.